The van der Waals surface area contributed by atoms with Crippen molar-refractivity contribution in [1.82, 2.24) is 30.6 Å². The van der Waals surface area contributed by atoms with E-state index >= 15 is 0 Å². The Morgan fingerprint density at radius 3 is 2.72 bits per heavy atom. The lowest BCUT2D eigenvalue weighted by Gasteiger charge is -2.26. The van der Waals surface area contributed by atoms with Crippen molar-refractivity contribution in [2.24, 2.45) is 11.5 Å². The van der Waals surface area contributed by atoms with Gasteiger partial charge in [-0.1, -0.05) is 5.21 Å². The molecule has 1 fully saturated rings. The van der Waals surface area contributed by atoms with E-state index < -0.39 is 6.17 Å². The highest BCUT2D eigenvalue weighted by atomic mass is 19.1. The van der Waals surface area contributed by atoms with Gasteiger partial charge in [0.05, 0.1) is 31.0 Å². The van der Waals surface area contributed by atoms with Crippen LogP contribution in [0.25, 0.3) is 0 Å². The summed E-state index contributed by atoms with van der Waals surface area (Å²) in [4.78, 5) is 27.0. The summed E-state index contributed by atoms with van der Waals surface area (Å²) in [7, 11) is 3.75. The third kappa shape index (κ3) is 10.6. The molecular weight excluding hydrogens is 467 g/mol. The maximum Gasteiger partial charge on any atom is 0.231 e. The van der Waals surface area contributed by atoms with E-state index in [2.05, 4.69) is 25.9 Å². The van der Waals surface area contributed by atoms with Crippen LogP contribution in [-0.2, 0) is 17.8 Å². The van der Waals surface area contributed by atoms with Crippen molar-refractivity contribution in [3.8, 4) is 5.75 Å². The minimum absolute atomic E-state index is 0.0247. The van der Waals surface area contributed by atoms with Crippen LogP contribution in [-0.4, -0.2) is 58.5 Å². The molecule has 1 aliphatic carbocycles. The topological polar surface area (TPSA) is 163 Å². The number of rotatable bonds is 12. The molecule has 2 heterocycles. The molecule has 0 radical (unpaired) electrons. The number of aromatic nitrogens is 4. The zero-order valence-electron chi connectivity index (χ0n) is 20.7. The molecule has 2 aromatic heterocycles. The lowest BCUT2D eigenvalue weighted by molar-refractivity contribution is -0.119. The molecule has 1 atom stereocenters. The number of carbonyl (C=O) groups excluding carboxylic acids is 2. The predicted molar refractivity (Wildman–Crippen MR) is 133 cm³/mol. The minimum atomic E-state index is -1.21. The van der Waals surface area contributed by atoms with Gasteiger partial charge in [0.1, 0.15) is 23.4 Å². The summed E-state index contributed by atoms with van der Waals surface area (Å²) >= 11 is 0. The molecule has 0 aromatic carbocycles. The molecule has 3 rings (SSSR count). The maximum absolute atomic E-state index is 14.1. The quantitative estimate of drug-likeness (QED) is 0.248. The van der Waals surface area contributed by atoms with Crippen LogP contribution in [0, 0.1) is 0 Å². The van der Waals surface area contributed by atoms with Gasteiger partial charge in [-0.2, -0.15) is 0 Å². The summed E-state index contributed by atoms with van der Waals surface area (Å²) in [6, 6.07) is 3.53. The highest BCUT2D eigenvalue weighted by Crippen LogP contribution is 2.25. The van der Waals surface area contributed by atoms with Gasteiger partial charge in [0.25, 0.3) is 0 Å². The van der Waals surface area contributed by atoms with Crippen molar-refractivity contribution in [2.75, 3.05) is 14.1 Å². The lowest BCUT2D eigenvalue weighted by atomic mass is 9.96. The van der Waals surface area contributed by atoms with Crippen LogP contribution in [0.4, 0.5) is 4.39 Å². The normalized spacial score (nSPS) is 14.8. The first-order chi connectivity index (χ1) is 17.3. The molecule has 36 heavy (non-hydrogen) atoms. The average Bonchev–Trinajstić information content (AvgIpc) is 3.27. The average molecular weight is 503 g/mol. The van der Waals surface area contributed by atoms with Crippen LogP contribution in [0.2, 0.25) is 0 Å². The zero-order chi connectivity index (χ0) is 26.3. The van der Waals surface area contributed by atoms with E-state index in [1.165, 1.54) is 29.5 Å². The largest absolute Gasteiger partial charge is 0.490 e. The number of hydrogen-bond donors (Lipinski definition) is 4. The fraction of sp³-hybridized carbons (Fsp3) is 0.458. The standard InChI is InChI=1S/C22H28FN7O3.C2H7N/c23-15(12-30-13-18(14-31)28-29-30)4-5-16(24)6-7-21(25)27-22(32)11-17-10-20(8-9-26-17)33-19-2-1-3-19;1-3-2/h6-10,13-15,19H,1-5,11-12,24-25H2,(H,27,32);3H,1-2H3/b16-6-,21-7+;. The summed E-state index contributed by atoms with van der Waals surface area (Å²) in [5.74, 6) is 0.497. The van der Waals surface area contributed by atoms with Crippen LogP contribution >= 0.6 is 0 Å². The van der Waals surface area contributed by atoms with Crippen molar-refractivity contribution in [3.05, 3.63) is 59.6 Å². The number of amides is 1. The summed E-state index contributed by atoms with van der Waals surface area (Å²) in [5, 5.41) is 12.6. The van der Waals surface area contributed by atoms with Gasteiger partial charge >= 0.3 is 0 Å². The summed E-state index contributed by atoms with van der Waals surface area (Å²) in [5.41, 5.74) is 12.9. The molecule has 6 N–H and O–H groups in total. The summed E-state index contributed by atoms with van der Waals surface area (Å²) in [6.07, 6.45) is 9.30. The highest BCUT2D eigenvalue weighted by molar-refractivity contribution is 5.79. The van der Waals surface area contributed by atoms with Gasteiger partial charge in [-0.15, -0.1) is 5.10 Å². The third-order valence-corrected chi connectivity index (χ3v) is 5.05. The number of aldehydes is 1. The van der Waals surface area contributed by atoms with Crippen LogP contribution in [0.3, 0.4) is 0 Å². The number of pyridine rings is 1. The first-order valence-corrected chi connectivity index (χ1v) is 11.7. The fourth-order valence-electron chi connectivity index (χ4n) is 3.07. The van der Waals surface area contributed by atoms with Crippen molar-refractivity contribution in [3.63, 3.8) is 0 Å². The van der Waals surface area contributed by atoms with E-state index in [9.17, 15) is 14.0 Å². The molecule has 11 nitrogen and oxygen atoms in total. The second kappa shape index (κ2) is 15.2. The van der Waals surface area contributed by atoms with E-state index in [0.717, 1.165) is 12.8 Å². The number of carbonyl (C=O) groups is 2. The van der Waals surface area contributed by atoms with Crippen molar-refractivity contribution in [1.29, 1.82) is 0 Å². The summed E-state index contributed by atoms with van der Waals surface area (Å²) in [6.45, 7) is -0.0247. The fourth-order valence-corrected chi connectivity index (χ4v) is 3.07. The van der Waals surface area contributed by atoms with E-state index in [1.807, 2.05) is 14.1 Å². The number of alkyl halides is 1. The number of nitrogens with zero attached hydrogens (tertiary/aromatic N) is 4. The Morgan fingerprint density at radius 1 is 1.33 bits per heavy atom. The maximum atomic E-state index is 14.1. The van der Waals surface area contributed by atoms with Crippen molar-refractivity contribution in [2.45, 2.75) is 57.3 Å². The van der Waals surface area contributed by atoms with Gasteiger partial charge in [-0.3, -0.25) is 14.6 Å². The Kier molecular flexibility index (Phi) is 12.0. The van der Waals surface area contributed by atoms with Crippen LogP contribution in [0.15, 0.2) is 48.2 Å². The Hall–Kier alpha value is -3.80. The zero-order valence-corrected chi connectivity index (χ0v) is 20.7. The monoisotopic (exact) mass is 502 g/mol. The molecule has 12 heteroatoms. The molecule has 0 aliphatic heterocycles. The number of halogens is 1. The van der Waals surface area contributed by atoms with Gasteiger partial charge in [-0.25, -0.2) is 9.07 Å². The second-order valence-corrected chi connectivity index (χ2v) is 8.36. The van der Waals surface area contributed by atoms with E-state index in [1.54, 1.807) is 18.3 Å². The highest BCUT2D eigenvalue weighted by Gasteiger charge is 2.19. The van der Waals surface area contributed by atoms with Gasteiger partial charge < -0.3 is 26.8 Å². The lowest BCUT2D eigenvalue weighted by Crippen LogP contribution is -2.29. The third-order valence-electron chi connectivity index (χ3n) is 5.05. The number of ether oxygens (including phenoxy) is 1. The minimum Gasteiger partial charge on any atom is -0.490 e. The predicted octanol–water partition coefficient (Wildman–Crippen LogP) is 1.37. The Labute approximate surface area is 210 Å². The molecule has 0 saturated heterocycles. The number of nitrogens with one attached hydrogen (secondary N) is 2. The molecule has 1 amide bonds. The molecule has 1 saturated carbocycles. The van der Waals surface area contributed by atoms with Gasteiger partial charge in [0, 0.05) is 18.0 Å². The van der Waals surface area contributed by atoms with Crippen LogP contribution in [0.5, 0.6) is 5.75 Å². The number of hydrogen-bond acceptors (Lipinski definition) is 9. The number of nitrogens with two attached hydrogens (primary N) is 2. The second-order valence-electron chi connectivity index (χ2n) is 8.36. The first kappa shape index (κ1) is 28.4. The van der Waals surface area contributed by atoms with Crippen molar-refractivity contribution < 1.29 is 18.7 Å². The van der Waals surface area contributed by atoms with E-state index in [0.29, 0.717) is 23.4 Å². The Bertz CT molecular complexity index is 1040. The molecular formula is C24H35FN8O3. The molecule has 196 valence electrons. The molecule has 1 unspecified atom stereocenters. The van der Waals surface area contributed by atoms with Crippen LogP contribution in [0.1, 0.15) is 48.3 Å². The number of allylic oxidation sites excluding steroid dienone is 3. The van der Waals surface area contributed by atoms with Gasteiger partial charge in [0.2, 0.25) is 5.91 Å². The molecule has 2 aromatic rings. The molecule has 0 spiro atoms. The molecule has 1 aliphatic rings. The first-order valence-electron chi connectivity index (χ1n) is 11.7. The van der Waals surface area contributed by atoms with E-state index in [-0.39, 0.29) is 49.3 Å². The SMILES string of the molecule is CNC.N/C(=C\C=C(/N)NC(=O)Cc1cc(OC2CCC2)ccn1)CCC(F)Cn1cc(C=O)nn1. The smallest absolute Gasteiger partial charge is 0.231 e. The van der Waals surface area contributed by atoms with Crippen molar-refractivity contribution >= 4 is 12.2 Å². The van der Waals surface area contributed by atoms with Crippen LogP contribution < -0.4 is 26.8 Å². The van der Waals surface area contributed by atoms with E-state index in [4.69, 9.17) is 16.2 Å². The van der Waals surface area contributed by atoms with Gasteiger partial charge in [-0.05, 0) is 64.4 Å². The van der Waals surface area contributed by atoms with Gasteiger partial charge in [0.15, 0.2) is 6.29 Å². The Morgan fingerprint density at radius 2 is 2.08 bits per heavy atom. The molecule has 0 bridgehead atoms. The summed E-state index contributed by atoms with van der Waals surface area (Å²) < 4.78 is 21.2. The Balaban J connectivity index is 0.00000145.